The Morgan fingerprint density at radius 2 is 1.96 bits per heavy atom. The number of hydrogen-bond acceptors (Lipinski definition) is 4. The van der Waals surface area contributed by atoms with Gasteiger partial charge in [-0.1, -0.05) is 42.0 Å². The number of halogens is 1. The van der Waals surface area contributed by atoms with Crippen molar-refractivity contribution in [2.24, 2.45) is 0 Å². The second-order valence-electron chi connectivity index (χ2n) is 6.01. The third-order valence-corrected chi connectivity index (χ3v) is 5.39. The van der Waals surface area contributed by atoms with Gasteiger partial charge in [-0.05, 0) is 40.5 Å². The van der Waals surface area contributed by atoms with Gasteiger partial charge in [-0.3, -0.25) is 9.59 Å². The van der Waals surface area contributed by atoms with Crippen molar-refractivity contribution in [3.63, 3.8) is 0 Å². The second kappa shape index (κ2) is 8.92. The molecule has 0 unspecified atom stereocenters. The van der Waals surface area contributed by atoms with E-state index in [0.717, 1.165) is 11.3 Å². The molecule has 1 aromatic heterocycles. The van der Waals surface area contributed by atoms with Crippen LogP contribution in [0.5, 0.6) is 0 Å². The van der Waals surface area contributed by atoms with Gasteiger partial charge < -0.3 is 10.6 Å². The van der Waals surface area contributed by atoms with Crippen LogP contribution >= 0.6 is 27.3 Å². The number of rotatable bonds is 6. The van der Waals surface area contributed by atoms with E-state index in [1.54, 1.807) is 24.4 Å². The van der Waals surface area contributed by atoms with Gasteiger partial charge in [0, 0.05) is 22.0 Å². The van der Waals surface area contributed by atoms with Crippen LogP contribution in [-0.4, -0.2) is 23.3 Å². The summed E-state index contributed by atoms with van der Waals surface area (Å²) in [7, 11) is 0. The smallest absolute Gasteiger partial charge is 0.252 e. The molecule has 0 saturated heterocycles. The summed E-state index contributed by atoms with van der Waals surface area (Å²) < 4.78 is 0.684. The van der Waals surface area contributed by atoms with E-state index in [1.165, 1.54) is 22.5 Å². The molecule has 2 amide bonds. The molecule has 7 heteroatoms. The number of amides is 2. The largest absolute Gasteiger partial charge is 0.343 e. The first kappa shape index (κ1) is 19.3. The molecule has 0 atom stereocenters. The second-order valence-corrected chi connectivity index (χ2v) is 7.98. The summed E-state index contributed by atoms with van der Waals surface area (Å²) in [5.41, 5.74) is 2.91. The van der Waals surface area contributed by atoms with Crippen molar-refractivity contribution < 1.29 is 9.59 Å². The fourth-order valence-electron chi connectivity index (χ4n) is 2.53. The number of benzene rings is 2. The Hall–Kier alpha value is -2.51. The number of aromatic nitrogens is 1. The van der Waals surface area contributed by atoms with Crippen molar-refractivity contribution in [2.75, 3.05) is 11.9 Å². The fourth-order valence-corrected chi connectivity index (χ4v) is 3.86. The summed E-state index contributed by atoms with van der Waals surface area (Å²) in [6, 6.07) is 15.4. The third-order valence-electron chi connectivity index (χ3n) is 3.79. The van der Waals surface area contributed by atoms with Crippen molar-refractivity contribution in [1.82, 2.24) is 10.3 Å². The van der Waals surface area contributed by atoms with Crippen molar-refractivity contribution in [3.05, 3.63) is 80.8 Å². The Labute approximate surface area is 170 Å². The molecule has 1 heterocycles. The molecular formula is C20H18BrN3O2S. The summed E-state index contributed by atoms with van der Waals surface area (Å²) in [6.07, 6.45) is 2.54. The first-order valence-corrected chi connectivity index (χ1v) is 9.95. The van der Waals surface area contributed by atoms with Crippen molar-refractivity contribution in [3.8, 4) is 0 Å². The quantitative estimate of drug-likeness (QED) is 0.600. The van der Waals surface area contributed by atoms with E-state index < -0.39 is 0 Å². The molecule has 138 valence electrons. The zero-order chi connectivity index (χ0) is 19.2. The van der Waals surface area contributed by atoms with Gasteiger partial charge in [0.25, 0.3) is 5.91 Å². The van der Waals surface area contributed by atoms with E-state index in [9.17, 15) is 9.59 Å². The van der Waals surface area contributed by atoms with Gasteiger partial charge in [0.05, 0.1) is 12.1 Å². The van der Waals surface area contributed by atoms with Crippen LogP contribution in [0.4, 0.5) is 5.13 Å². The molecule has 0 spiro atoms. The SMILES string of the molecule is Cc1cccc(Cc2cnc(NC(=O)CNC(=O)c3ccccc3Br)s2)c1. The zero-order valence-corrected chi connectivity index (χ0v) is 17.1. The van der Waals surface area contributed by atoms with E-state index in [-0.39, 0.29) is 18.4 Å². The lowest BCUT2D eigenvalue weighted by molar-refractivity contribution is -0.115. The number of aryl methyl sites for hydroxylation is 1. The average Bonchev–Trinajstić information content (AvgIpc) is 3.07. The maximum Gasteiger partial charge on any atom is 0.252 e. The Morgan fingerprint density at radius 1 is 1.15 bits per heavy atom. The maximum atomic E-state index is 12.1. The molecule has 0 aliphatic heterocycles. The number of carbonyl (C=O) groups excluding carboxylic acids is 2. The normalized spacial score (nSPS) is 10.4. The van der Waals surface area contributed by atoms with Crippen LogP contribution in [0.3, 0.4) is 0 Å². The summed E-state index contributed by atoms with van der Waals surface area (Å²) >= 11 is 4.75. The molecule has 0 fully saturated rings. The Bertz CT molecular complexity index is 971. The molecule has 2 aromatic carbocycles. The maximum absolute atomic E-state index is 12.1. The Kier molecular flexibility index (Phi) is 6.36. The summed E-state index contributed by atoms with van der Waals surface area (Å²) in [4.78, 5) is 29.5. The minimum absolute atomic E-state index is 0.118. The number of nitrogens with zero attached hydrogens (tertiary/aromatic N) is 1. The van der Waals surface area contributed by atoms with Crippen LogP contribution in [0.1, 0.15) is 26.4 Å². The molecular weight excluding hydrogens is 426 g/mol. The Morgan fingerprint density at radius 3 is 2.74 bits per heavy atom. The standard InChI is InChI=1S/C20H18BrN3O2S/c1-13-5-4-6-14(9-13)10-15-11-23-20(27-15)24-18(25)12-22-19(26)16-7-2-3-8-17(16)21/h2-9,11H,10,12H2,1H3,(H,22,26)(H,23,24,25). The van der Waals surface area contributed by atoms with Gasteiger partial charge >= 0.3 is 0 Å². The molecule has 0 bridgehead atoms. The van der Waals surface area contributed by atoms with Crippen LogP contribution in [0.2, 0.25) is 0 Å². The Balaban J connectivity index is 1.52. The summed E-state index contributed by atoms with van der Waals surface area (Å²) in [5, 5.41) is 5.86. The molecule has 0 aliphatic rings. The van der Waals surface area contributed by atoms with Crippen molar-refractivity contribution in [2.45, 2.75) is 13.3 Å². The van der Waals surface area contributed by atoms with E-state index in [4.69, 9.17) is 0 Å². The van der Waals surface area contributed by atoms with Gasteiger partial charge in [-0.2, -0.15) is 0 Å². The fraction of sp³-hybridized carbons (Fsp3) is 0.150. The lowest BCUT2D eigenvalue weighted by Gasteiger charge is -2.06. The van der Waals surface area contributed by atoms with Gasteiger partial charge in [-0.25, -0.2) is 4.98 Å². The number of thiazole rings is 1. The highest BCUT2D eigenvalue weighted by molar-refractivity contribution is 9.10. The van der Waals surface area contributed by atoms with Gasteiger partial charge in [0.2, 0.25) is 5.91 Å². The van der Waals surface area contributed by atoms with Crippen molar-refractivity contribution >= 4 is 44.2 Å². The van der Waals surface area contributed by atoms with E-state index in [1.807, 2.05) is 12.1 Å². The van der Waals surface area contributed by atoms with E-state index in [0.29, 0.717) is 15.2 Å². The summed E-state index contributed by atoms with van der Waals surface area (Å²) in [6.45, 7) is 1.94. The van der Waals surface area contributed by atoms with Gasteiger partial charge in [-0.15, -0.1) is 11.3 Å². The number of anilines is 1. The highest BCUT2D eigenvalue weighted by Gasteiger charge is 2.12. The molecule has 0 aliphatic carbocycles. The van der Waals surface area contributed by atoms with Gasteiger partial charge in [0.15, 0.2) is 5.13 Å². The van der Waals surface area contributed by atoms with Crippen molar-refractivity contribution in [1.29, 1.82) is 0 Å². The predicted octanol–water partition coefficient (Wildman–Crippen LogP) is 4.17. The highest BCUT2D eigenvalue weighted by Crippen LogP contribution is 2.21. The number of hydrogen-bond donors (Lipinski definition) is 2. The topological polar surface area (TPSA) is 71.1 Å². The molecule has 3 aromatic rings. The third kappa shape index (κ3) is 5.48. The lowest BCUT2D eigenvalue weighted by atomic mass is 10.1. The average molecular weight is 444 g/mol. The van der Waals surface area contributed by atoms with Crippen LogP contribution in [0.25, 0.3) is 0 Å². The minimum atomic E-state index is -0.313. The molecule has 0 radical (unpaired) electrons. The predicted molar refractivity (Wildman–Crippen MR) is 111 cm³/mol. The first-order chi connectivity index (χ1) is 13.0. The van der Waals surface area contributed by atoms with Gasteiger partial charge in [0.1, 0.15) is 0 Å². The monoisotopic (exact) mass is 443 g/mol. The first-order valence-electron chi connectivity index (χ1n) is 8.34. The van der Waals surface area contributed by atoms with Crippen LogP contribution < -0.4 is 10.6 Å². The van der Waals surface area contributed by atoms with E-state index in [2.05, 4.69) is 56.7 Å². The van der Waals surface area contributed by atoms with E-state index >= 15 is 0 Å². The van der Waals surface area contributed by atoms with Crippen LogP contribution in [-0.2, 0) is 11.2 Å². The summed E-state index contributed by atoms with van der Waals surface area (Å²) in [5.74, 6) is -0.622. The number of carbonyl (C=O) groups is 2. The molecule has 3 rings (SSSR count). The molecule has 2 N–H and O–H groups in total. The van der Waals surface area contributed by atoms with Crippen LogP contribution in [0, 0.1) is 6.92 Å². The highest BCUT2D eigenvalue weighted by atomic mass is 79.9. The molecule has 5 nitrogen and oxygen atoms in total. The number of nitrogens with one attached hydrogen (secondary N) is 2. The molecule has 0 saturated carbocycles. The lowest BCUT2D eigenvalue weighted by Crippen LogP contribution is -2.33. The van der Waals surface area contributed by atoms with Crippen LogP contribution in [0.15, 0.2) is 59.2 Å². The minimum Gasteiger partial charge on any atom is -0.343 e. The zero-order valence-electron chi connectivity index (χ0n) is 14.7. The molecule has 27 heavy (non-hydrogen) atoms.